The molecule has 1 unspecified atom stereocenters. The second-order valence-electron chi connectivity index (χ2n) is 4.40. The van der Waals surface area contributed by atoms with Gasteiger partial charge in [0.2, 0.25) is 0 Å². The van der Waals surface area contributed by atoms with Crippen LogP contribution in [-0.2, 0) is 13.6 Å². The number of hydrogen-bond acceptors (Lipinski definition) is 3. The Hall–Kier alpha value is -1.62. The van der Waals surface area contributed by atoms with E-state index in [4.69, 9.17) is 0 Å². The van der Waals surface area contributed by atoms with Crippen LogP contribution in [0.15, 0.2) is 24.9 Å². The van der Waals surface area contributed by atoms with Crippen LogP contribution in [0.2, 0.25) is 0 Å². The zero-order chi connectivity index (χ0) is 13.0. The third-order valence-electron chi connectivity index (χ3n) is 3.03. The highest BCUT2D eigenvalue weighted by Crippen LogP contribution is 2.20. The van der Waals surface area contributed by atoms with E-state index >= 15 is 0 Å². The van der Waals surface area contributed by atoms with Crippen LogP contribution in [0.25, 0.3) is 0 Å². The Labute approximate surface area is 108 Å². The number of nitrogens with zero attached hydrogens (tertiary/aromatic N) is 4. The Balaban J connectivity index is 2.35. The van der Waals surface area contributed by atoms with E-state index in [9.17, 15) is 0 Å². The molecule has 0 saturated carbocycles. The van der Waals surface area contributed by atoms with E-state index in [1.165, 1.54) is 0 Å². The molecule has 0 aliphatic heterocycles. The van der Waals surface area contributed by atoms with Crippen molar-refractivity contribution in [2.24, 2.45) is 7.05 Å². The van der Waals surface area contributed by atoms with Crippen molar-refractivity contribution in [3.8, 4) is 0 Å². The van der Waals surface area contributed by atoms with Gasteiger partial charge in [-0.2, -0.15) is 0 Å². The molecule has 2 aromatic rings. The molecule has 2 rings (SSSR count). The largest absolute Gasteiger partial charge is 0.336 e. The molecule has 5 nitrogen and oxygen atoms in total. The van der Waals surface area contributed by atoms with Gasteiger partial charge in [0.1, 0.15) is 11.9 Å². The molecule has 0 aliphatic carbocycles. The minimum Gasteiger partial charge on any atom is -0.336 e. The second-order valence-corrected chi connectivity index (χ2v) is 4.40. The Morgan fingerprint density at radius 1 is 1.39 bits per heavy atom. The zero-order valence-electron chi connectivity index (χ0n) is 11.3. The van der Waals surface area contributed by atoms with Gasteiger partial charge in [0.05, 0.1) is 18.2 Å². The number of aromatic nitrogens is 4. The third kappa shape index (κ3) is 2.46. The standard InChI is InChI=1S/C13H21N5/c1-4-7-18-8-6-16-13(18)12(15-5-2)11-9-14-10-17(11)3/h6,8-10,12,15H,4-5,7H2,1-3H3. The molecule has 0 bridgehead atoms. The topological polar surface area (TPSA) is 47.7 Å². The molecule has 0 saturated heterocycles. The van der Waals surface area contributed by atoms with Crippen molar-refractivity contribution in [2.75, 3.05) is 6.54 Å². The van der Waals surface area contributed by atoms with E-state index in [0.29, 0.717) is 0 Å². The monoisotopic (exact) mass is 247 g/mol. The summed E-state index contributed by atoms with van der Waals surface area (Å²) in [7, 11) is 2.01. The minimum atomic E-state index is 0.101. The van der Waals surface area contributed by atoms with Gasteiger partial charge < -0.3 is 14.5 Å². The number of hydrogen-bond donors (Lipinski definition) is 1. The Bertz CT molecular complexity index is 485. The number of aryl methyl sites for hydroxylation is 2. The lowest BCUT2D eigenvalue weighted by molar-refractivity contribution is 0.524. The van der Waals surface area contributed by atoms with Crippen molar-refractivity contribution < 1.29 is 0 Å². The Morgan fingerprint density at radius 2 is 2.22 bits per heavy atom. The van der Waals surface area contributed by atoms with Crippen LogP contribution in [0.5, 0.6) is 0 Å². The lowest BCUT2D eigenvalue weighted by atomic mass is 10.2. The Kier molecular flexibility index (Phi) is 4.15. The summed E-state index contributed by atoms with van der Waals surface area (Å²) in [5.74, 6) is 1.06. The molecule has 0 aromatic carbocycles. The van der Waals surface area contributed by atoms with Gasteiger partial charge in [0.25, 0.3) is 0 Å². The first-order chi connectivity index (χ1) is 8.77. The first-order valence-corrected chi connectivity index (χ1v) is 6.48. The van der Waals surface area contributed by atoms with Gasteiger partial charge >= 0.3 is 0 Å². The van der Waals surface area contributed by atoms with Gasteiger partial charge in [-0.05, 0) is 13.0 Å². The second kappa shape index (κ2) is 5.82. The first kappa shape index (κ1) is 12.8. The van der Waals surface area contributed by atoms with Crippen LogP contribution < -0.4 is 5.32 Å². The average Bonchev–Trinajstić information content (AvgIpc) is 2.96. The maximum absolute atomic E-state index is 4.51. The number of nitrogens with one attached hydrogen (secondary N) is 1. The zero-order valence-corrected chi connectivity index (χ0v) is 11.3. The quantitative estimate of drug-likeness (QED) is 0.845. The van der Waals surface area contributed by atoms with E-state index in [-0.39, 0.29) is 6.04 Å². The predicted molar refractivity (Wildman–Crippen MR) is 71.2 cm³/mol. The summed E-state index contributed by atoms with van der Waals surface area (Å²) in [6.45, 7) is 6.18. The van der Waals surface area contributed by atoms with Crippen LogP contribution in [-0.4, -0.2) is 25.6 Å². The van der Waals surface area contributed by atoms with E-state index in [2.05, 4.69) is 33.7 Å². The predicted octanol–water partition coefficient (Wildman–Crippen LogP) is 1.73. The van der Waals surface area contributed by atoms with Crippen molar-refractivity contribution in [3.63, 3.8) is 0 Å². The van der Waals surface area contributed by atoms with E-state index in [1.807, 2.05) is 36.5 Å². The normalized spacial score (nSPS) is 12.8. The molecule has 98 valence electrons. The molecule has 0 aliphatic rings. The van der Waals surface area contributed by atoms with E-state index in [0.717, 1.165) is 31.0 Å². The van der Waals surface area contributed by atoms with Crippen molar-refractivity contribution in [1.29, 1.82) is 0 Å². The van der Waals surface area contributed by atoms with E-state index in [1.54, 1.807) is 0 Å². The summed E-state index contributed by atoms with van der Waals surface area (Å²) in [4.78, 5) is 8.71. The lowest BCUT2D eigenvalue weighted by Gasteiger charge is -2.19. The minimum absolute atomic E-state index is 0.101. The Morgan fingerprint density at radius 3 is 2.83 bits per heavy atom. The molecule has 2 aromatic heterocycles. The van der Waals surface area contributed by atoms with Crippen molar-refractivity contribution >= 4 is 0 Å². The summed E-state index contributed by atoms with van der Waals surface area (Å²) in [5.41, 5.74) is 1.14. The molecule has 0 fully saturated rings. The van der Waals surface area contributed by atoms with Crippen LogP contribution in [0.1, 0.15) is 37.8 Å². The molecule has 0 radical (unpaired) electrons. The van der Waals surface area contributed by atoms with Gasteiger partial charge in [-0.25, -0.2) is 9.97 Å². The number of imidazole rings is 2. The maximum Gasteiger partial charge on any atom is 0.132 e. The SMILES string of the molecule is CCCn1ccnc1C(NCC)c1cncn1C. The van der Waals surface area contributed by atoms with Gasteiger partial charge in [-0.15, -0.1) is 0 Å². The number of rotatable bonds is 6. The molecule has 1 N–H and O–H groups in total. The lowest BCUT2D eigenvalue weighted by Crippen LogP contribution is -2.27. The maximum atomic E-state index is 4.51. The molecule has 2 heterocycles. The first-order valence-electron chi connectivity index (χ1n) is 6.48. The van der Waals surface area contributed by atoms with Crippen LogP contribution in [0.4, 0.5) is 0 Å². The van der Waals surface area contributed by atoms with Crippen molar-refractivity contribution in [3.05, 3.63) is 36.4 Å². The molecule has 18 heavy (non-hydrogen) atoms. The van der Waals surface area contributed by atoms with Gasteiger partial charge in [0.15, 0.2) is 0 Å². The summed E-state index contributed by atoms with van der Waals surface area (Å²) in [6, 6.07) is 0.101. The van der Waals surface area contributed by atoms with Crippen molar-refractivity contribution in [1.82, 2.24) is 24.4 Å². The average molecular weight is 247 g/mol. The summed E-state index contributed by atoms with van der Waals surface area (Å²) < 4.78 is 4.25. The smallest absolute Gasteiger partial charge is 0.132 e. The highest BCUT2D eigenvalue weighted by Gasteiger charge is 2.20. The van der Waals surface area contributed by atoms with E-state index < -0.39 is 0 Å². The molecular formula is C13H21N5. The van der Waals surface area contributed by atoms with Gasteiger partial charge in [-0.3, -0.25) is 0 Å². The molecule has 1 atom stereocenters. The summed E-state index contributed by atoms with van der Waals surface area (Å²) >= 11 is 0. The van der Waals surface area contributed by atoms with Crippen molar-refractivity contribution in [2.45, 2.75) is 32.9 Å². The molecule has 0 spiro atoms. The van der Waals surface area contributed by atoms with Crippen LogP contribution in [0, 0.1) is 0 Å². The fraction of sp³-hybridized carbons (Fsp3) is 0.538. The van der Waals surface area contributed by atoms with Crippen LogP contribution in [0.3, 0.4) is 0 Å². The highest BCUT2D eigenvalue weighted by molar-refractivity contribution is 5.16. The fourth-order valence-corrected chi connectivity index (χ4v) is 2.19. The summed E-state index contributed by atoms with van der Waals surface area (Å²) in [5, 5.41) is 3.48. The summed E-state index contributed by atoms with van der Waals surface area (Å²) in [6.07, 6.45) is 8.74. The van der Waals surface area contributed by atoms with Crippen LogP contribution >= 0.6 is 0 Å². The fourth-order valence-electron chi connectivity index (χ4n) is 2.19. The molecular weight excluding hydrogens is 226 g/mol. The molecule has 0 amide bonds. The molecule has 5 heteroatoms. The van der Waals surface area contributed by atoms with Gasteiger partial charge in [0, 0.05) is 26.0 Å². The van der Waals surface area contributed by atoms with Gasteiger partial charge in [-0.1, -0.05) is 13.8 Å². The third-order valence-corrected chi connectivity index (χ3v) is 3.03. The highest BCUT2D eigenvalue weighted by atomic mass is 15.1.